The molecule has 0 saturated heterocycles. The maximum atomic E-state index is 12.3. The Labute approximate surface area is 286 Å². The zero-order valence-electron chi connectivity index (χ0n) is 30.6. The van der Waals surface area contributed by atoms with Crippen molar-refractivity contribution in [3.8, 4) is 0 Å². The molecule has 0 spiro atoms. The molecule has 0 aromatic heterocycles. The Morgan fingerprint density at radius 1 is 0.500 bits per heavy atom. The zero-order valence-corrected chi connectivity index (χ0v) is 30.6. The van der Waals surface area contributed by atoms with Crippen LogP contribution in [0.25, 0.3) is 0 Å². The molecule has 2 atom stereocenters. The molecule has 268 valence electrons. The standard InChI is InChI=1S/C42H77NO3/c1-3-5-7-9-11-13-15-17-19-21-22-24-26-28-30-32-34-36-38-42(46)43-40(39-44)41(45)37-35-33-31-29-27-25-23-20-18-16-14-12-10-8-6-4-2/h18,20,22,24,27,29,35,37,40-41,44-45H,3-17,19,21,23,25-26,28,30-34,36,38-39H2,1-2H3,(H,43,46)/b20-18+,24-22-,29-27+,37-35+. The van der Waals surface area contributed by atoms with Gasteiger partial charge in [-0.15, -0.1) is 0 Å². The van der Waals surface area contributed by atoms with Gasteiger partial charge in [-0.2, -0.15) is 0 Å². The lowest BCUT2D eigenvalue weighted by Gasteiger charge is -2.19. The Hall–Kier alpha value is -1.65. The fourth-order valence-electron chi connectivity index (χ4n) is 5.67. The normalized spacial score (nSPS) is 13.6. The number of carbonyl (C=O) groups excluding carboxylic acids is 1. The minimum absolute atomic E-state index is 0.0881. The molecule has 0 aliphatic heterocycles. The molecule has 0 saturated carbocycles. The number of allylic oxidation sites excluding steroid dienone is 7. The van der Waals surface area contributed by atoms with Crippen LogP contribution < -0.4 is 5.32 Å². The molecule has 4 heteroatoms. The molecule has 0 aromatic carbocycles. The van der Waals surface area contributed by atoms with E-state index >= 15 is 0 Å². The van der Waals surface area contributed by atoms with E-state index in [0.717, 1.165) is 51.4 Å². The minimum Gasteiger partial charge on any atom is -0.394 e. The molecule has 3 N–H and O–H groups in total. The van der Waals surface area contributed by atoms with Gasteiger partial charge in [-0.3, -0.25) is 4.79 Å². The van der Waals surface area contributed by atoms with Gasteiger partial charge in [0.1, 0.15) is 0 Å². The first-order valence-corrected chi connectivity index (χ1v) is 19.9. The number of hydrogen-bond donors (Lipinski definition) is 3. The van der Waals surface area contributed by atoms with Gasteiger partial charge in [0.05, 0.1) is 18.8 Å². The van der Waals surface area contributed by atoms with Crippen molar-refractivity contribution in [2.24, 2.45) is 0 Å². The summed E-state index contributed by atoms with van der Waals surface area (Å²) in [6, 6.07) is -0.648. The van der Waals surface area contributed by atoms with Crippen LogP contribution in [0.3, 0.4) is 0 Å². The third kappa shape index (κ3) is 33.7. The summed E-state index contributed by atoms with van der Waals surface area (Å²) in [6.07, 6.45) is 50.6. The number of aliphatic hydroxyl groups is 2. The molecule has 46 heavy (non-hydrogen) atoms. The van der Waals surface area contributed by atoms with Gasteiger partial charge < -0.3 is 15.5 Å². The number of carbonyl (C=O) groups is 1. The van der Waals surface area contributed by atoms with Crippen molar-refractivity contribution in [1.82, 2.24) is 5.32 Å². The number of unbranched alkanes of at least 4 members (excludes halogenated alkanes) is 22. The third-order valence-corrected chi connectivity index (χ3v) is 8.76. The van der Waals surface area contributed by atoms with Crippen LogP contribution in [0.2, 0.25) is 0 Å². The third-order valence-electron chi connectivity index (χ3n) is 8.76. The molecular formula is C42H77NO3. The SMILES string of the molecule is CCCCCCCC/C=C/CC/C=C/CC/C=C/C(O)C(CO)NC(=O)CCCCCCC/C=C\CCCCCCCCCCC. The summed E-state index contributed by atoms with van der Waals surface area (Å²) in [6.45, 7) is 4.27. The molecule has 0 bridgehead atoms. The second-order valence-corrected chi connectivity index (χ2v) is 13.3. The van der Waals surface area contributed by atoms with E-state index in [9.17, 15) is 15.0 Å². The molecule has 0 heterocycles. The first-order valence-electron chi connectivity index (χ1n) is 19.9. The van der Waals surface area contributed by atoms with Crippen LogP contribution in [0, 0.1) is 0 Å². The lowest BCUT2D eigenvalue weighted by Crippen LogP contribution is -2.45. The highest BCUT2D eigenvalue weighted by Gasteiger charge is 2.17. The van der Waals surface area contributed by atoms with Crippen molar-refractivity contribution in [2.75, 3.05) is 6.61 Å². The molecule has 4 nitrogen and oxygen atoms in total. The van der Waals surface area contributed by atoms with E-state index in [1.54, 1.807) is 6.08 Å². The van der Waals surface area contributed by atoms with Crippen LogP contribution in [-0.4, -0.2) is 34.9 Å². The lowest BCUT2D eigenvalue weighted by molar-refractivity contribution is -0.123. The molecule has 1 amide bonds. The number of hydrogen-bond acceptors (Lipinski definition) is 3. The number of nitrogens with one attached hydrogen (secondary N) is 1. The topological polar surface area (TPSA) is 69.6 Å². The van der Waals surface area contributed by atoms with Gasteiger partial charge in [0, 0.05) is 6.42 Å². The summed E-state index contributed by atoms with van der Waals surface area (Å²) in [4.78, 5) is 12.3. The molecule has 0 rings (SSSR count). The predicted molar refractivity (Wildman–Crippen MR) is 202 cm³/mol. The van der Waals surface area contributed by atoms with Gasteiger partial charge in [0.15, 0.2) is 0 Å². The first-order chi connectivity index (χ1) is 22.7. The van der Waals surface area contributed by atoms with Gasteiger partial charge in [-0.25, -0.2) is 0 Å². The van der Waals surface area contributed by atoms with Gasteiger partial charge in [0.2, 0.25) is 5.91 Å². The second kappa shape index (κ2) is 37.8. The quantitative estimate of drug-likeness (QED) is 0.0475. The van der Waals surface area contributed by atoms with Gasteiger partial charge >= 0.3 is 0 Å². The molecule has 0 aliphatic rings. The second-order valence-electron chi connectivity index (χ2n) is 13.3. The smallest absolute Gasteiger partial charge is 0.220 e. The Morgan fingerprint density at radius 3 is 1.26 bits per heavy atom. The van der Waals surface area contributed by atoms with Crippen molar-refractivity contribution < 1.29 is 15.0 Å². The molecule has 0 radical (unpaired) electrons. The van der Waals surface area contributed by atoms with Crippen LogP contribution in [0.5, 0.6) is 0 Å². The predicted octanol–water partition coefficient (Wildman–Crippen LogP) is 12.0. The summed E-state index contributed by atoms with van der Waals surface area (Å²) in [5.41, 5.74) is 0. The van der Waals surface area contributed by atoms with E-state index in [0.29, 0.717) is 6.42 Å². The highest BCUT2D eigenvalue weighted by atomic mass is 16.3. The largest absolute Gasteiger partial charge is 0.394 e. The summed E-state index contributed by atoms with van der Waals surface area (Å²) < 4.78 is 0. The summed E-state index contributed by atoms with van der Waals surface area (Å²) >= 11 is 0. The van der Waals surface area contributed by atoms with Gasteiger partial charge in [-0.1, -0.05) is 165 Å². The summed E-state index contributed by atoms with van der Waals surface area (Å²) in [7, 11) is 0. The molecule has 0 fully saturated rings. The van der Waals surface area contributed by atoms with Crippen LogP contribution in [0.4, 0.5) is 0 Å². The van der Waals surface area contributed by atoms with E-state index in [2.05, 4.69) is 55.6 Å². The fraction of sp³-hybridized carbons (Fsp3) is 0.786. The molecule has 0 aromatic rings. The van der Waals surface area contributed by atoms with Crippen LogP contribution in [0.15, 0.2) is 48.6 Å². The van der Waals surface area contributed by atoms with Gasteiger partial charge in [-0.05, 0) is 70.6 Å². The van der Waals surface area contributed by atoms with Crippen LogP contribution in [-0.2, 0) is 4.79 Å². The zero-order chi connectivity index (χ0) is 33.6. The van der Waals surface area contributed by atoms with E-state index in [1.807, 2.05) is 6.08 Å². The summed E-state index contributed by atoms with van der Waals surface area (Å²) in [5.74, 6) is -0.0881. The van der Waals surface area contributed by atoms with Crippen molar-refractivity contribution >= 4 is 5.91 Å². The Bertz CT molecular complexity index is 741. The number of rotatable bonds is 35. The number of aliphatic hydroxyl groups excluding tert-OH is 2. The summed E-state index contributed by atoms with van der Waals surface area (Å²) in [5, 5.41) is 22.9. The van der Waals surface area contributed by atoms with Crippen molar-refractivity contribution in [1.29, 1.82) is 0 Å². The van der Waals surface area contributed by atoms with Crippen molar-refractivity contribution in [3.63, 3.8) is 0 Å². The average Bonchev–Trinajstić information content (AvgIpc) is 3.06. The van der Waals surface area contributed by atoms with E-state index in [-0.39, 0.29) is 12.5 Å². The van der Waals surface area contributed by atoms with Crippen LogP contribution in [0.1, 0.15) is 194 Å². The highest BCUT2D eigenvalue weighted by molar-refractivity contribution is 5.76. The molecule has 2 unspecified atom stereocenters. The average molecular weight is 644 g/mol. The maximum absolute atomic E-state index is 12.3. The Balaban J connectivity index is 3.69. The van der Waals surface area contributed by atoms with Crippen LogP contribution >= 0.6 is 0 Å². The van der Waals surface area contributed by atoms with Crippen molar-refractivity contribution in [2.45, 2.75) is 206 Å². The molecule has 0 aliphatic carbocycles. The number of amides is 1. The van der Waals surface area contributed by atoms with E-state index in [4.69, 9.17) is 0 Å². The Kier molecular flexibility index (Phi) is 36.4. The highest BCUT2D eigenvalue weighted by Crippen LogP contribution is 2.12. The lowest BCUT2D eigenvalue weighted by atomic mass is 10.1. The minimum atomic E-state index is -0.872. The maximum Gasteiger partial charge on any atom is 0.220 e. The van der Waals surface area contributed by atoms with Gasteiger partial charge in [0.25, 0.3) is 0 Å². The molecular weight excluding hydrogens is 566 g/mol. The Morgan fingerprint density at radius 2 is 0.848 bits per heavy atom. The first kappa shape index (κ1) is 44.4. The van der Waals surface area contributed by atoms with Crippen molar-refractivity contribution in [3.05, 3.63) is 48.6 Å². The monoisotopic (exact) mass is 644 g/mol. The van der Waals surface area contributed by atoms with E-state index < -0.39 is 12.1 Å². The van der Waals surface area contributed by atoms with E-state index in [1.165, 1.54) is 122 Å². The fourth-order valence-corrected chi connectivity index (χ4v) is 5.67.